The summed E-state index contributed by atoms with van der Waals surface area (Å²) < 4.78 is 27.4. The number of hydrogen-bond acceptors (Lipinski definition) is 6. The van der Waals surface area contributed by atoms with E-state index in [1.54, 1.807) is 14.0 Å². The van der Waals surface area contributed by atoms with E-state index in [4.69, 9.17) is 0 Å². The highest BCUT2D eigenvalue weighted by atomic mass is 32.2. The second-order valence-electron chi connectivity index (χ2n) is 5.00. The molecule has 3 N–H and O–H groups in total. The average Bonchev–Trinajstić information content (AvgIpc) is 2.98. The van der Waals surface area contributed by atoms with Crippen molar-refractivity contribution in [3.63, 3.8) is 0 Å². The molecule has 2 heterocycles. The van der Waals surface area contributed by atoms with Gasteiger partial charge < -0.3 is 5.32 Å². The first-order valence-corrected chi connectivity index (χ1v) is 8.88. The van der Waals surface area contributed by atoms with Crippen molar-refractivity contribution in [2.75, 3.05) is 11.8 Å². The summed E-state index contributed by atoms with van der Waals surface area (Å²) in [4.78, 5) is 4.28. The van der Waals surface area contributed by atoms with Crippen molar-refractivity contribution >= 4 is 26.5 Å². The first-order chi connectivity index (χ1) is 9.85. The number of nitrogens with one attached hydrogen (secondary N) is 3. The maximum absolute atomic E-state index is 12.4. The number of anilines is 1. The van der Waals surface area contributed by atoms with E-state index in [-0.39, 0.29) is 10.9 Å². The molecule has 0 aliphatic rings. The Bertz CT molecular complexity index is 718. The van der Waals surface area contributed by atoms with Crippen LogP contribution in [0.3, 0.4) is 0 Å². The largest absolute Gasteiger partial charge is 0.316 e. The Balaban J connectivity index is 2.29. The van der Waals surface area contributed by atoms with Gasteiger partial charge in [0.15, 0.2) is 5.13 Å². The van der Waals surface area contributed by atoms with E-state index in [2.05, 4.69) is 25.2 Å². The maximum atomic E-state index is 12.4. The van der Waals surface area contributed by atoms with Gasteiger partial charge in [0.2, 0.25) is 5.03 Å². The van der Waals surface area contributed by atoms with Crippen molar-refractivity contribution in [2.45, 2.75) is 38.3 Å². The van der Waals surface area contributed by atoms with E-state index in [0.29, 0.717) is 17.2 Å². The van der Waals surface area contributed by atoms with Crippen LogP contribution in [0.15, 0.2) is 10.4 Å². The SMILES string of the molecule is CNCc1c(S(=O)(=O)Nc2nc(C(C)C)cs2)n[nH]c1C. The van der Waals surface area contributed by atoms with Gasteiger partial charge in [-0.2, -0.15) is 13.5 Å². The topological polar surface area (TPSA) is 99.8 Å². The lowest BCUT2D eigenvalue weighted by molar-refractivity contribution is 0.595. The molecule has 2 aromatic rings. The number of aromatic nitrogens is 3. The molecule has 0 saturated heterocycles. The zero-order valence-electron chi connectivity index (χ0n) is 12.4. The first kappa shape index (κ1) is 15.9. The van der Waals surface area contributed by atoms with Crippen molar-refractivity contribution in [1.82, 2.24) is 20.5 Å². The Kier molecular flexibility index (Phi) is 4.64. The van der Waals surface area contributed by atoms with Gasteiger partial charge in [-0.15, -0.1) is 11.3 Å². The lowest BCUT2D eigenvalue weighted by atomic mass is 10.2. The molecule has 0 saturated carbocycles. The monoisotopic (exact) mass is 329 g/mol. The third-order valence-electron chi connectivity index (χ3n) is 2.98. The molecule has 0 aliphatic heterocycles. The number of aryl methyl sites for hydroxylation is 1. The summed E-state index contributed by atoms with van der Waals surface area (Å²) in [5.74, 6) is 0.256. The summed E-state index contributed by atoms with van der Waals surface area (Å²) >= 11 is 1.27. The zero-order chi connectivity index (χ0) is 15.6. The van der Waals surface area contributed by atoms with Crippen molar-refractivity contribution in [3.8, 4) is 0 Å². The van der Waals surface area contributed by atoms with Crippen LogP contribution in [0.1, 0.15) is 36.7 Å². The van der Waals surface area contributed by atoms with Gasteiger partial charge in [-0.25, -0.2) is 4.98 Å². The van der Waals surface area contributed by atoms with Crippen molar-refractivity contribution in [3.05, 3.63) is 22.3 Å². The van der Waals surface area contributed by atoms with E-state index in [9.17, 15) is 8.42 Å². The first-order valence-electron chi connectivity index (χ1n) is 6.51. The quantitative estimate of drug-likeness (QED) is 0.750. The molecule has 0 unspecified atom stereocenters. The van der Waals surface area contributed by atoms with E-state index in [1.165, 1.54) is 11.3 Å². The molecule has 116 valence electrons. The van der Waals surface area contributed by atoms with E-state index in [0.717, 1.165) is 11.4 Å². The van der Waals surface area contributed by atoms with Gasteiger partial charge in [-0.3, -0.25) is 9.82 Å². The van der Waals surface area contributed by atoms with Crippen LogP contribution in [-0.4, -0.2) is 30.6 Å². The number of thiazole rings is 1. The van der Waals surface area contributed by atoms with Crippen LogP contribution in [0.2, 0.25) is 0 Å². The zero-order valence-corrected chi connectivity index (χ0v) is 14.0. The lowest BCUT2D eigenvalue weighted by Crippen LogP contribution is -2.17. The Morgan fingerprint density at radius 3 is 2.71 bits per heavy atom. The highest BCUT2D eigenvalue weighted by molar-refractivity contribution is 7.92. The molecule has 21 heavy (non-hydrogen) atoms. The molecule has 0 fully saturated rings. The van der Waals surface area contributed by atoms with Gasteiger partial charge in [0.25, 0.3) is 10.0 Å². The molecule has 2 rings (SSSR count). The smallest absolute Gasteiger partial charge is 0.283 e. The minimum Gasteiger partial charge on any atom is -0.316 e. The number of rotatable bonds is 6. The summed E-state index contributed by atoms with van der Waals surface area (Å²) in [5.41, 5.74) is 2.23. The normalized spacial score (nSPS) is 12.0. The van der Waals surface area contributed by atoms with Gasteiger partial charge >= 0.3 is 0 Å². The van der Waals surface area contributed by atoms with Crippen LogP contribution in [0, 0.1) is 6.92 Å². The van der Waals surface area contributed by atoms with E-state index in [1.807, 2.05) is 19.2 Å². The highest BCUT2D eigenvalue weighted by Gasteiger charge is 2.24. The number of aromatic amines is 1. The van der Waals surface area contributed by atoms with Gasteiger partial charge in [-0.1, -0.05) is 13.8 Å². The van der Waals surface area contributed by atoms with E-state index < -0.39 is 10.0 Å². The van der Waals surface area contributed by atoms with Crippen LogP contribution in [-0.2, 0) is 16.6 Å². The van der Waals surface area contributed by atoms with E-state index >= 15 is 0 Å². The van der Waals surface area contributed by atoms with Crippen LogP contribution >= 0.6 is 11.3 Å². The fourth-order valence-corrected chi connectivity index (χ4v) is 4.12. The molecule has 9 heteroatoms. The third-order valence-corrected chi connectivity index (χ3v) is 5.19. The van der Waals surface area contributed by atoms with Crippen LogP contribution < -0.4 is 10.0 Å². The molecule has 0 spiro atoms. The fourth-order valence-electron chi connectivity index (χ4n) is 1.80. The second kappa shape index (κ2) is 6.12. The highest BCUT2D eigenvalue weighted by Crippen LogP contribution is 2.25. The Morgan fingerprint density at radius 2 is 2.14 bits per heavy atom. The molecule has 0 bridgehead atoms. The number of nitrogens with zero attached hydrogens (tertiary/aromatic N) is 2. The minimum absolute atomic E-state index is 0.00986. The van der Waals surface area contributed by atoms with Gasteiger partial charge in [0, 0.05) is 23.2 Å². The number of sulfonamides is 1. The molecular weight excluding hydrogens is 310 g/mol. The van der Waals surface area contributed by atoms with Crippen LogP contribution in [0.5, 0.6) is 0 Å². The average molecular weight is 329 g/mol. The second-order valence-corrected chi connectivity index (χ2v) is 7.46. The van der Waals surface area contributed by atoms with Gasteiger partial charge in [0.1, 0.15) is 0 Å². The fraction of sp³-hybridized carbons (Fsp3) is 0.500. The molecule has 0 aromatic carbocycles. The molecule has 0 radical (unpaired) electrons. The van der Waals surface area contributed by atoms with Gasteiger partial charge in [-0.05, 0) is 19.9 Å². The number of H-pyrrole nitrogens is 1. The van der Waals surface area contributed by atoms with Gasteiger partial charge in [0.05, 0.1) is 5.69 Å². The Morgan fingerprint density at radius 1 is 1.43 bits per heavy atom. The summed E-state index contributed by atoms with van der Waals surface area (Å²) in [6.07, 6.45) is 0. The molecule has 0 atom stereocenters. The van der Waals surface area contributed by atoms with Crippen molar-refractivity contribution in [2.24, 2.45) is 0 Å². The van der Waals surface area contributed by atoms with Crippen LogP contribution in [0.4, 0.5) is 5.13 Å². The molecule has 7 nitrogen and oxygen atoms in total. The third kappa shape index (κ3) is 3.42. The number of hydrogen-bond donors (Lipinski definition) is 3. The summed E-state index contributed by atoms with van der Waals surface area (Å²) in [5, 5.41) is 11.8. The predicted octanol–water partition coefficient (Wildman–Crippen LogP) is 1.82. The summed E-state index contributed by atoms with van der Waals surface area (Å²) in [6.45, 7) is 6.23. The molecular formula is C12H19N5O2S2. The minimum atomic E-state index is -3.74. The molecule has 0 aliphatic carbocycles. The van der Waals surface area contributed by atoms with Crippen molar-refractivity contribution < 1.29 is 8.42 Å². The summed E-state index contributed by atoms with van der Waals surface area (Å²) in [7, 11) is -1.99. The predicted molar refractivity (Wildman–Crippen MR) is 83.1 cm³/mol. The van der Waals surface area contributed by atoms with Crippen molar-refractivity contribution in [1.29, 1.82) is 0 Å². The molecule has 0 amide bonds. The Labute approximate surface area is 128 Å². The standard InChI is InChI=1S/C12H19N5O2S2/c1-7(2)10-6-20-12(14-10)17-21(18,19)11-9(5-13-4)8(3)15-16-11/h6-7,13H,5H2,1-4H3,(H,14,17)(H,15,16). The molecule has 2 aromatic heterocycles. The van der Waals surface area contributed by atoms with Crippen LogP contribution in [0.25, 0.3) is 0 Å². The lowest BCUT2D eigenvalue weighted by Gasteiger charge is -2.05. The maximum Gasteiger partial charge on any atom is 0.283 e. The Hall–Kier alpha value is -1.45. The summed E-state index contributed by atoms with van der Waals surface area (Å²) in [6, 6.07) is 0.